The molecule has 114 valence electrons. The average molecular weight is 291 g/mol. The van der Waals surface area contributed by atoms with E-state index in [4.69, 9.17) is 4.42 Å². The summed E-state index contributed by atoms with van der Waals surface area (Å²) in [6.07, 6.45) is -5.05. The van der Waals surface area contributed by atoms with Crippen molar-refractivity contribution in [3.63, 3.8) is 0 Å². The maximum Gasteiger partial charge on any atom is 0.390 e. The molecule has 0 radical (unpaired) electrons. The first-order valence-corrected chi connectivity index (χ1v) is 6.46. The molecule has 1 rings (SSSR count). The summed E-state index contributed by atoms with van der Waals surface area (Å²) in [5.41, 5.74) is 0.926. The minimum Gasteiger partial charge on any atom is -0.466 e. The molecule has 2 N–H and O–H groups in total. The van der Waals surface area contributed by atoms with Crippen LogP contribution in [-0.2, 0) is 6.54 Å². The van der Waals surface area contributed by atoms with Gasteiger partial charge in [0, 0.05) is 18.7 Å². The lowest BCUT2D eigenvalue weighted by Crippen LogP contribution is -2.38. The third-order valence-corrected chi connectivity index (χ3v) is 2.60. The van der Waals surface area contributed by atoms with Crippen LogP contribution in [-0.4, -0.2) is 25.2 Å². The molecule has 1 aromatic rings. The fourth-order valence-electron chi connectivity index (χ4n) is 1.67. The second-order valence-corrected chi connectivity index (χ2v) is 4.43. The summed E-state index contributed by atoms with van der Waals surface area (Å²) in [6, 6.07) is 1.87. The van der Waals surface area contributed by atoms with Crippen LogP contribution in [0.3, 0.4) is 0 Å². The number of nitrogens with zero attached hydrogens (tertiary/aromatic N) is 1. The first-order valence-electron chi connectivity index (χ1n) is 6.46. The van der Waals surface area contributed by atoms with Crippen LogP contribution in [0.4, 0.5) is 13.2 Å². The van der Waals surface area contributed by atoms with Crippen LogP contribution in [0.25, 0.3) is 0 Å². The lowest BCUT2D eigenvalue weighted by molar-refractivity contribution is -0.132. The van der Waals surface area contributed by atoms with Crippen molar-refractivity contribution < 1.29 is 17.6 Å². The summed E-state index contributed by atoms with van der Waals surface area (Å²) >= 11 is 0. The zero-order valence-corrected chi connectivity index (χ0v) is 11.9. The highest BCUT2D eigenvalue weighted by molar-refractivity contribution is 5.79. The number of halogens is 3. The smallest absolute Gasteiger partial charge is 0.390 e. The van der Waals surface area contributed by atoms with Crippen LogP contribution < -0.4 is 10.6 Å². The number of aryl methyl sites for hydroxylation is 2. The van der Waals surface area contributed by atoms with Crippen molar-refractivity contribution in [3.05, 3.63) is 23.2 Å². The third kappa shape index (κ3) is 5.99. The monoisotopic (exact) mass is 291 g/mol. The summed E-state index contributed by atoms with van der Waals surface area (Å²) in [6.45, 7) is 6.29. The number of aliphatic imine (C=N–C) groups is 1. The van der Waals surface area contributed by atoms with Crippen molar-refractivity contribution in [1.29, 1.82) is 0 Å². The quantitative estimate of drug-likeness (QED) is 0.648. The van der Waals surface area contributed by atoms with Gasteiger partial charge in [-0.2, -0.15) is 13.2 Å². The first kappa shape index (κ1) is 16.4. The number of furan rings is 1. The van der Waals surface area contributed by atoms with Gasteiger partial charge in [0.1, 0.15) is 11.5 Å². The van der Waals surface area contributed by atoms with Crippen molar-refractivity contribution >= 4 is 5.96 Å². The normalized spacial score (nSPS) is 12.6. The van der Waals surface area contributed by atoms with Gasteiger partial charge in [0.25, 0.3) is 0 Å². The van der Waals surface area contributed by atoms with E-state index in [9.17, 15) is 13.2 Å². The largest absolute Gasteiger partial charge is 0.466 e. The molecule has 20 heavy (non-hydrogen) atoms. The van der Waals surface area contributed by atoms with Crippen molar-refractivity contribution in [3.8, 4) is 0 Å². The molecule has 7 heteroatoms. The molecule has 0 aromatic carbocycles. The second-order valence-electron chi connectivity index (χ2n) is 4.43. The Balaban J connectivity index is 2.56. The Labute approximate surface area is 116 Å². The molecule has 0 atom stereocenters. The molecule has 1 heterocycles. The van der Waals surface area contributed by atoms with E-state index in [-0.39, 0.29) is 6.54 Å². The summed E-state index contributed by atoms with van der Waals surface area (Å²) in [4.78, 5) is 4.24. The lowest BCUT2D eigenvalue weighted by atomic mass is 10.2. The van der Waals surface area contributed by atoms with E-state index in [0.29, 0.717) is 19.0 Å². The van der Waals surface area contributed by atoms with Crippen LogP contribution in [0.2, 0.25) is 0 Å². The molecule has 0 bridgehead atoms. The first-order chi connectivity index (χ1) is 9.31. The van der Waals surface area contributed by atoms with Gasteiger partial charge in [-0.05, 0) is 26.8 Å². The topological polar surface area (TPSA) is 49.6 Å². The van der Waals surface area contributed by atoms with Gasteiger partial charge < -0.3 is 15.1 Å². The van der Waals surface area contributed by atoms with Gasteiger partial charge in [-0.25, -0.2) is 4.99 Å². The molecule has 1 aromatic heterocycles. The van der Waals surface area contributed by atoms with E-state index in [2.05, 4.69) is 15.6 Å². The molecule has 0 unspecified atom stereocenters. The average Bonchev–Trinajstić information content (AvgIpc) is 2.63. The van der Waals surface area contributed by atoms with Crippen molar-refractivity contribution in [1.82, 2.24) is 10.6 Å². The number of alkyl halides is 3. The van der Waals surface area contributed by atoms with Crippen molar-refractivity contribution in [2.45, 2.75) is 39.9 Å². The zero-order valence-electron chi connectivity index (χ0n) is 11.9. The standard InChI is InChI=1S/C13H20F3N3O/c1-4-17-12(18-6-5-13(14,15)16)19-8-11-7-9(2)20-10(11)3/h7H,4-6,8H2,1-3H3,(H2,17,18,19). The number of rotatable bonds is 5. The summed E-state index contributed by atoms with van der Waals surface area (Å²) in [5.74, 6) is 1.94. The van der Waals surface area contributed by atoms with E-state index in [1.54, 1.807) is 0 Å². The Kier molecular flexibility index (Phi) is 5.91. The second kappa shape index (κ2) is 7.21. The Morgan fingerprint density at radius 2 is 2.00 bits per heavy atom. The zero-order chi connectivity index (χ0) is 15.2. The lowest BCUT2D eigenvalue weighted by Gasteiger charge is -2.12. The number of nitrogens with one attached hydrogen (secondary N) is 2. The van der Waals surface area contributed by atoms with E-state index in [1.807, 2.05) is 26.8 Å². The van der Waals surface area contributed by atoms with Crippen LogP contribution in [0.1, 0.15) is 30.4 Å². The summed E-state index contributed by atoms with van der Waals surface area (Å²) in [7, 11) is 0. The van der Waals surface area contributed by atoms with Gasteiger partial charge in [0.05, 0.1) is 13.0 Å². The fraction of sp³-hybridized carbons (Fsp3) is 0.615. The Morgan fingerprint density at radius 1 is 1.30 bits per heavy atom. The van der Waals surface area contributed by atoms with Gasteiger partial charge in [0.2, 0.25) is 0 Å². The van der Waals surface area contributed by atoms with E-state index < -0.39 is 12.6 Å². The Bertz CT molecular complexity index is 452. The SMILES string of the molecule is CCNC(=NCc1cc(C)oc1C)NCCC(F)(F)F. The van der Waals surface area contributed by atoms with Crippen molar-refractivity contribution in [2.75, 3.05) is 13.1 Å². The molecule has 0 spiro atoms. The molecular weight excluding hydrogens is 271 g/mol. The Morgan fingerprint density at radius 3 is 2.50 bits per heavy atom. The number of hydrogen-bond donors (Lipinski definition) is 2. The van der Waals surface area contributed by atoms with Crippen LogP contribution in [0.5, 0.6) is 0 Å². The molecule has 4 nitrogen and oxygen atoms in total. The summed E-state index contributed by atoms with van der Waals surface area (Å²) < 4.78 is 41.6. The highest BCUT2D eigenvalue weighted by Crippen LogP contribution is 2.18. The molecule has 0 saturated carbocycles. The van der Waals surface area contributed by atoms with Crippen LogP contribution >= 0.6 is 0 Å². The van der Waals surface area contributed by atoms with Crippen LogP contribution in [0, 0.1) is 13.8 Å². The molecule has 0 fully saturated rings. The highest BCUT2D eigenvalue weighted by atomic mass is 19.4. The van der Waals surface area contributed by atoms with Gasteiger partial charge in [0.15, 0.2) is 5.96 Å². The molecule has 0 aliphatic heterocycles. The van der Waals surface area contributed by atoms with Crippen molar-refractivity contribution in [2.24, 2.45) is 4.99 Å². The molecular formula is C13H20F3N3O. The number of hydrogen-bond acceptors (Lipinski definition) is 2. The summed E-state index contributed by atoms with van der Waals surface area (Å²) in [5, 5.41) is 5.57. The Hall–Kier alpha value is -1.66. The van der Waals surface area contributed by atoms with Gasteiger partial charge >= 0.3 is 6.18 Å². The van der Waals surface area contributed by atoms with Gasteiger partial charge in [-0.15, -0.1) is 0 Å². The van der Waals surface area contributed by atoms with E-state index in [1.165, 1.54) is 0 Å². The minimum atomic E-state index is -4.16. The third-order valence-electron chi connectivity index (χ3n) is 2.60. The van der Waals surface area contributed by atoms with Gasteiger partial charge in [-0.3, -0.25) is 0 Å². The fourth-order valence-corrected chi connectivity index (χ4v) is 1.67. The van der Waals surface area contributed by atoms with E-state index >= 15 is 0 Å². The molecule has 0 aliphatic carbocycles. The molecule has 0 aliphatic rings. The maximum absolute atomic E-state index is 12.1. The van der Waals surface area contributed by atoms with Crippen LogP contribution in [0.15, 0.2) is 15.5 Å². The maximum atomic E-state index is 12.1. The highest BCUT2D eigenvalue weighted by Gasteiger charge is 2.26. The number of guanidine groups is 1. The molecule has 0 amide bonds. The van der Waals surface area contributed by atoms with E-state index in [0.717, 1.165) is 17.1 Å². The predicted octanol–water partition coefficient (Wildman–Crippen LogP) is 2.90. The van der Waals surface area contributed by atoms with Gasteiger partial charge in [-0.1, -0.05) is 0 Å². The predicted molar refractivity (Wildman–Crippen MR) is 71.7 cm³/mol. The minimum absolute atomic E-state index is 0.196. The molecule has 0 saturated heterocycles.